The Morgan fingerprint density at radius 1 is 1.31 bits per heavy atom. The third-order valence-corrected chi connectivity index (χ3v) is 2.30. The van der Waals surface area contributed by atoms with Crippen molar-refractivity contribution in [2.75, 3.05) is 6.54 Å². The fourth-order valence-corrected chi connectivity index (χ4v) is 1.37. The highest BCUT2D eigenvalue weighted by molar-refractivity contribution is 6.23. The Morgan fingerprint density at radius 2 is 1.81 bits per heavy atom. The number of rotatable bonds is 3. The fourth-order valence-electron chi connectivity index (χ4n) is 1.37. The summed E-state index contributed by atoms with van der Waals surface area (Å²) in [5, 5.41) is 6.04. The van der Waals surface area contributed by atoms with Crippen molar-refractivity contribution in [3.63, 3.8) is 0 Å². The zero-order valence-corrected chi connectivity index (χ0v) is 8.62. The number of hydrogen-bond donors (Lipinski definition) is 4. The van der Waals surface area contributed by atoms with Crippen LogP contribution in [0.2, 0.25) is 0 Å². The lowest BCUT2D eigenvalue weighted by Crippen LogP contribution is -2.73. The monoisotopic (exact) mass is 228 g/mol. The molecule has 0 aliphatic carbocycles. The van der Waals surface area contributed by atoms with Crippen LogP contribution in [-0.4, -0.2) is 35.8 Å². The molecule has 0 bridgehead atoms. The maximum Gasteiger partial charge on any atom is 0.328 e. The summed E-state index contributed by atoms with van der Waals surface area (Å²) in [7, 11) is 0. The minimum absolute atomic E-state index is 0.0175. The Balaban J connectivity index is 3.00. The molecule has 0 aromatic rings. The standard InChI is InChI=1S/C8H12N4O4/c1-2-8(12-4(13)3-9)5(14)10-7(16)11-6(8)15/h2-3,9H2,1H3,(H,12,13)(H2,10,11,14,15,16). The molecule has 5 N–H and O–H groups in total. The van der Waals surface area contributed by atoms with Crippen LogP contribution in [0.4, 0.5) is 4.79 Å². The zero-order chi connectivity index (χ0) is 12.3. The van der Waals surface area contributed by atoms with E-state index in [1.807, 2.05) is 10.6 Å². The predicted molar refractivity (Wildman–Crippen MR) is 51.9 cm³/mol. The van der Waals surface area contributed by atoms with Crippen LogP contribution in [0, 0.1) is 0 Å². The summed E-state index contributed by atoms with van der Waals surface area (Å²) in [5.41, 5.74) is 3.32. The molecule has 1 aliphatic heterocycles. The lowest BCUT2D eigenvalue weighted by molar-refractivity contribution is -0.143. The molecule has 5 amide bonds. The van der Waals surface area contributed by atoms with Crippen molar-refractivity contribution in [1.29, 1.82) is 0 Å². The van der Waals surface area contributed by atoms with Gasteiger partial charge in [0.2, 0.25) is 5.91 Å². The quantitative estimate of drug-likeness (QED) is 0.399. The van der Waals surface area contributed by atoms with Gasteiger partial charge in [0, 0.05) is 0 Å². The summed E-state index contributed by atoms with van der Waals surface area (Å²) in [6, 6.07) is -0.902. The smallest absolute Gasteiger partial charge is 0.328 e. The maximum atomic E-state index is 11.6. The highest BCUT2D eigenvalue weighted by Crippen LogP contribution is 2.13. The van der Waals surface area contributed by atoms with Crippen molar-refractivity contribution >= 4 is 23.8 Å². The van der Waals surface area contributed by atoms with Gasteiger partial charge in [0.15, 0.2) is 5.54 Å². The second-order valence-electron chi connectivity index (χ2n) is 3.25. The topological polar surface area (TPSA) is 130 Å². The van der Waals surface area contributed by atoms with Gasteiger partial charge in [-0.05, 0) is 6.42 Å². The maximum absolute atomic E-state index is 11.6. The number of carbonyl (C=O) groups is 4. The van der Waals surface area contributed by atoms with Gasteiger partial charge in [-0.1, -0.05) is 6.92 Å². The van der Waals surface area contributed by atoms with Gasteiger partial charge >= 0.3 is 6.03 Å². The third-order valence-electron chi connectivity index (χ3n) is 2.30. The number of amides is 5. The zero-order valence-electron chi connectivity index (χ0n) is 8.62. The van der Waals surface area contributed by atoms with E-state index in [2.05, 4.69) is 5.32 Å². The van der Waals surface area contributed by atoms with Gasteiger partial charge in [-0.2, -0.15) is 0 Å². The Kier molecular flexibility index (Phi) is 3.23. The van der Waals surface area contributed by atoms with Crippen molar-refractivity contribution in [2.24, 2.45) is 5.73 Å². The second-order valence-corrected chi connectivity index (χ2v) is 3.25. The van der Waals surface area contributed by atoms with Gasteiger partial charge in [-0.25, -0.2) is 4.79 Å². The minimum Gasteiger partial charge on any atom is -0.333 e. The highest BCUT2D eigenvalue weighted by atomic mass is 16.2. The molecule has 88 valence electrons. The van der Waals surface area contributed by atoms with E-state index in [1.54, 1.807) is 0 Å². The summed E-state index contributed by atoms with van der Waals surface area (Å²) in [6.07, 6.45) is 0.0175. The molecular weight excluding hydrogens is 216 g/mol. The van der Waals surface area contributed by atoms with Crippen molar-refractivity contribution in [2.45, 2.75) is 18.9 Å². The molecule has 1 rings (SSSR count). The molecule has 16 heavy (non-hydrogen) atoms. The lowest BCUT2D eigenvalue weighted by Gasteiger charge is -2.33. The molecule has 0 aromatic carbocycles. The Labute approximate surface area is 90.9 Å². The molecule has 1 heterocycles. The van der Waals surface area contributed by atoms with Crippen molar-refractivity contribution < 1.29 is 19.2 Å². The van der Waals surface area contributed by atoms with E-state index in [0.29, 0.717) is 0 Å². The van der Waals surface area contributed by atoms with Gasteiger partial charge in [-0.3, -0.25) is 25.0 Å². The SMILES string of the molecule is CCC1(NC(=O)CN)C(=O)NC(=O)NC1=O. The molecule has 0 saturated carbocycles. The number of barbiturate groups is 1. The van der Waals surface area contributed by atoms with Gasteiger partial charge in [0.1, 0.15) is 0 Å². The first-order valence-corrected chi connectivity index (χ1v) is 4.64. The van der Waals surface area contributed by atoms with E-state index in [-0.39, 0.29) is 13.0 Å². The first kappa shape index (κ1) is 12.1. The lowest BCUT2D eigenvalue weighted by atomic mass is 9.92. The Morgan fingerprint density at radius 3 is 2.19 bits per heavy atom. The highest BCUT2D eigenvalue weighted by Gasteiger charge is 2.49. The molecule has 8 nitrogen and oxygen atoms in total. The van der Waals surface area contributed by atoms with Gasteiger partial charge in [-0.15, -0.1) is 0 Å². The van der Waals surface area contributed by atoms with Gasteiger partial charge < -0.3 is 11.1 Å². The normalized spacial score (nSPS) is 18.8. The van der Waals surface area contributed by atoms with Crippen molar-refractivity contribution in [1.82, 2.24) is 16.0 Å². The van der Waals surface area contributed by atoms with E-state index in [9.17, 15) is 19.2 Å². The van der Waals surface area contributed by atoms with E-state index in [0.717, 1.165) is 0 Å². The number of carbonyl (C=O) groups excluding carboxylic acids is 4. The Hall–Kier alpha value is -1.96. The van der Waals surface area contributed by atoms with Crippen LogP contribution in [0.25, 0.3) is 0 Å². The molecule has 0 unspecified atom stereocenters. The van der Waals surface area contributed by atoms with Crippen LogP contribution in [-0.2, 0) is 14.4 Å². The number of urea groups is 1. The summed E-state index contributed by atoms with van der Waals surface area (Å²) in [6.45, 7) is 1.18. The average Bonchev–Trinajstić information content (AvgIpc) is 2.23. The summed E-state index contributed by atoms with van der Waals surface area (Å²) < 4.78 is 0. The van der Waals surface area contributed by atoms with Crippen LogP contribution < -0.4 is 21.7 Å². The number of nitrogens with one attached hydrogen (secondary N) is 3. The largest absolute Gasteiger partial charge is 0.333 e. The predicted octanol–water partition coefficient (Wildman–Crippen LogP) is -2.42. The van der Waals surface area contributed by atoms with Crippen molar-refractivity contribution in [3.8, 4) is 0 Å². The Bertz CT molecular complexity index is 345. The molecule has 1 saturated heterocycles. The van der Waals surface area contributed by atoms with Crippen LogP contribution in [0.15, 0.2) is 0 Å². The number of nitrogens with two attached hydrogens (primary N) is 1. The van der Waals surface area contributed by atoms with E-state index in [4.69, 9.17) is 5.73 Å². The molecule has 8 heteroatoms. The fraction of sp³-hybridized carbons (Fsp3) is 0.500. The third kappa shape index (κ3) is 1.87. The van der Waals surface area contributed by atoms with Gasteiger partial charge in [0.05, 0.1) is 6.54 Å². The molecule has 0 spiro atoms. The number of hydrogen-bond acceptors (Lipinski definition) is 5. The van der Waals surface area contributed by atoms with E-state index in [1.165, 1.54) is 6.92 Å². The van der Waals surface area contributed by atoms with Crippen LogP contribution in [0.5, 0.6) is 0 Å². The van der Waals surface area contributed by atoms with Gasteiger partial charge in [0.25, 0.3) is 11.8 Å². The summed E-state index contributed by atoms with van der Waals surface area (Å²) in [5.74, 6) is -2.36. The molecule has 0 radical (unpaired) electrons. The summed E-state index contributed by atoms with van der Waals surface area (Å²) in [4.78, 5) is 45.1. The molecule has 0 aromatic heterocycles. The molecule has 1 fully saturated rings. The minimum atomic E-state index is -1.76. The number of imide groups is 2. The second kappa shape index (κ2) is 4.27. The van der Waals surface area contributed by atoms with Crippen LogP contribution >= 0.6 is 0 Å². The first-order chi connectivity index (χ1) is 7.46. The first-order valence-electron chi connectivity index (χ1n) is 4.64. The van der Waals surface area contributed by atoms with E-state index < -0.39 is 29.3 Å². The van der Waals surface area contributed by atoms with Crippen LogP contribution in [0.1, 0.15) is 13.3 Å². The van der Waals surface area contributed by atoms with Crippen molar-refractivity contribution in [3.05, 3.63) is 0 Å². The average molecular weight is 228 g/mol. The summed E-state index contributed by atoms with van der Waals surface area (Å²) >= 11 is 0. The molecule has 1 aliphatic rings. The van der Waals surface area contributed by atoms with Crippen LogP contribution in [0.3, 0.4) is 0 Å². The molecular formula is C8H12N4O4. The van der Waals surface area contributed by atoms with E-state index >= 15 is 0 Å². The molecule has 0 atom stereocenters.